The summed E-state index contributed by atoms with van der Waals surface area (Å²) in [6.07, 6.45) is 1.72. The maximum absolute atomic E-state index is 12.2. The summed E-state index contributed by atoms with van der Waals surface area (Å²) in [6, 6.07) is 4.98. The standard InChI is InChI=1S/C11H14BrN3O2S2/c1-2-8(12)6-7-13-19(16,17)10-5-3-4-9-11(10)15-18-14-9/h3-5,8,13H,2,6-7H2,1H3. The van der Waals surface area contributed by atoms with Crippen molar-refractivity contribution < 1.29 is 8.42 Å². The molecule has 1 heterocycles. The molecule has 8 heteroatoms. The van der Waals surface area contributed by atoms with E-state index in [1.165, 1.54) is 0 Å². The number of hydrogen-bond acceptors (Lipinski definition) is 4. The summed E-state index contributed by atoms with van der Waals surface area (Å²) in [5.74, 6) is 0. The Labute approximate surface area is 124 Å². The molecule has 2 rings (SSSR count). The monoisotopic (exact) mass is 363 g/mol. The highest BCUT2D eigenvalue weighted by Gasteiger charge is 2.22. The molecular formula is C11H14BrN3O2S2. The lowest BCUT2D eigenvalue weighted by molar-refractivity contribution is 0.578. The van der Waals surface area contributed by atoms with E-state index in [0.717, 1.165) is 24.2 Å². The number of rotatable bonds is 6. The van der Waals surface area contributed by atoms with Gasteiger partial charge in [0.05, 0.1) is 11.4 Å². The highest BCUT2D eigenvalue weighted by molar-refractivity contribution is 9.09. The summed E-state index contributed by atoms with van der Waals surface area (Å²) in [7, 11) is -3.53. The summed E-state index contributed by atoms with van der Waals surface area (Å²) < 4.78 is 35.1. The summed E-state index contributed by atoms with van der Waals surface area (Å²) in [4.78, 5) is 0.522. The van der Waals surface area contributed by atoms with Gasteiger partial charge in [0.15, 0.2) is 0 Å². The van der Waals surface area contributed by atoms with Gasteiger partial charge in [-0.1, -0.05) is 28.9 Å². The first-order valence-corrected chi connectivity index (χ1v) is 9.02. The number of nitrogens with zero attached hydrogens (tertiary/aromatic N) is 2. The van der Waals surface area contributed by atoms with Crippen LogP contribution in [-0.2, 0) is 21.4 Å². The fraction of sp³-hybridized carbons (Fsp3) is 0.455. The molecule has 0 saturated heterocycles. The van der Waals surface area contributed by atoms with E-state index in [1.807, 2.05) is 0 Å². The van der Waals surface area contributed by atoms with E-state index in [1.54, 1.807) is 18.2 Å². The normalized spacial score (nSPS) is 15.1. The van der Waals surface area contributed by atoms with E-state index in [4.69, 9.17) is 0 Å². The minimum absolute atomic E-state index is 0.196. The molecule has 1 aromatic carbocycles. The molecule has 104 valence electrons. The number of sulfonamides is 1. The van der Waals surface area contributed by atoms with Gasteiger partial charge in [-0.15, -0.1) is 0 Å². The van der Waals surface area contributed by atoms with Crippen molar-refractivity contribution >= 4 is 48.7 Å². The average molecular weight is 364 g/mol. The molecule has 0 aliphatic carbocycles. The number of benzene rings is 1. The van der Waals surface area contributed by atoms with Crippen molar-refractivity contribution in [3.8, 4) is 0 Å². The summed E-state index contributed by atoms with van der Waals surface area (Å²) >= 11 is 4.49. The van der Waals surface area contributed by atoms with Crippen molar-refractivity contribution in [2.45, 2.75) is 29.5 Å². The molecule has 0 spiro atoms. The molecule has 1 aliphatic rings. The first kappa shape index (κ1) is 14.8. The number of nitrogens with one attached hydrogen (secondary N) is 1. The van der Waals surface area contributed by atoms with E-state index in [0.29, 0.717) is 22.7 Å². The van der Waals surface area contributed by atoms with Gasteiger partial charge in [-0.05, 0) is 25.0 Å². The summed E-state index contributed by atoms with van der Waals surface area (Å²) in [6.45, 7) is 2.45. The van der Waals surface area contributed by atoms with Crippen molar-refractivity contribution in [3.05, 3.63) is 18.2 Å². The van der Waals surface area contributed by atoms with Crippen LogP contribution >= 0.6 is 15.9 Å². The van der Waals surface area contributed by atoms with Crippen LogP contribution in [0.5, 0.6) is 0 Å². The molecule has 0 amide bonds. The van der Waals surface area contributed by atoms with Crippen molar-refractivity contribution in [1.82, 2.24) is 4.72 Å². The Balaban J connectivity index is 2.13. The van der Waals surface area contributed by atoms with Crippen LogP contribution < -0.4 is 4.72 Å². The largest absolute Gasteiger partial charge is 0.242 e. The SMILES string of the molecule is CCC(Br)CCNS(=O)(=O)c1cccc2c1N=S=N2. The van der Waals surface area contributed by atoms with Crippen molar-refractivity contribution in [3.63, 3.8) is 0 Å². The van der Waals surface area contributed by atoms with Crippen LogP contribution in [0, 0.1) is 0 Å². The molecule has 0 radical (unpaired) electrons. The predicted octanol–water partition coefficient (Wildman–Crippen LogP) is 3.25. The molecule has 1 unspecified atom stereocenters. The Morgan fingerprint density at radius 3 is 2.95 bits per heavy atom. The zero-order valence-electron chi connectivity index (χ0n) is 10.3. The Bertz CT molecular complexity index is 639. The Morgan fingerprint density at radius 1 is 1.42 bits per heavy atom. The Morgan fingerprint density at radius 2 is 2.21 bits per heavy atom. The topological polar surface area (TPSA) is 70.9 Å². The van der Waals surface area contributed by atoms with Gasteiger partial charge >= 0.3 is 0 Å². The molecule has 0 saturated carbocycles. The zero-order valence-corrected chi connectivity index (χ0v) is 13.6. The fourth-order valence-electron chi connectivity index (χ4n) is 1.63. The van der Waals surface area contributed by atoms with Crippen LogP contribution in [0.3, 0.4) is 0 Å². The molecule has 1 atom stereocenters. The molecule has 1 aliphatic heterocycles. The van der Waals surface area contributed by atoms with Crippen LogP contribution in [0.15, 0.2) is 31.8 Å². The third-order valence-corrected chi connectivity index (χ3v) is 5.87. The lowest BCUT2D eigenvalue weighted by Crippen LogP contribution is -2.26. The minimum Gasteiger partial charge on any atom is -0.211 e. The van der Waals surface area contributed by atoms with Gasteiger partial charge in [-0.2, -0.15) is 8.73 Å². The predicted molar refractivity (Wildman–Crippen MR) is 80.8 cm³/mol. The van der Waals surface area contributed by atoms with Crippen LogP contribution in [0.1, 0.15) is 19.8 Å². The third kappa shape index (κ3) is 3.50. The average Bonchev–Trinajstić information content (AvgIpc) is 2.86. The van der Waals surface area contributed by atoms with Crippen LogP contribution in [0.2, 0.25) is 0 Å². The number of alkyl halides is 1. The second kappa shape index (κ2) is 6.25. The van der Waals surface area contributed by atoms with Gasteiger partial charge in [-0.25, -0.2) is 13.1 Å². The smallest absolute Gasteiger partial charge is 0.211 e. The Hall–Kier alpha value is -0.570. The number of halogens is 1. The van der Waals surface area contributed by atoms with Crippen molar-refractivity contribution in [2.75, 3.05) is 6.54 Å². The van der Waals surface area contributed by atoms with E-state index in [-0.39, 0.29) is 4.90 Å². The quantitative estimate of drug-likeness (QED) is 0.800. The molecule has 19 heavy (non-hydrogen) atoms. The molecular weight excluding hydrogens is 350 g/mol. The highest BCUT2D eigenvalue weighted by atomic mass is 79.9. The van der Waals surface area contributed by atoms with Crippen molar-refractivity contribution in [1.29, 1.82) is 0 Å². The number of fused-ring (bicyclic) bond motifs is 1. The lowest BCUT2D eigenvalue weighted by Gasteiger charge is -2.10. The maximum atomic E-state index is 12.2. The van der Waals surface area contributed by atoms with Crippen LogP contribution in [0.4, 0.5) is 11.4 Å². The first-order chi connectivity index (χ1) is 9.04. The second-order valence-corrected chi connectivity index (χ2v) is 7.64. The summed E-state index contributed by atoms with van der Waals surface area (Å²) in [5.41, 5.74) is 1.05. The highest BCUT2D eigenvalue weighted by Crippen LogP contribution is 2.37. The molecule has 0 aromatic heterocycles. The fourth-order valence-corrected chi connectivity index (χ4v) is 3.67. The van der Waals surface area contributed by atoms with Crippen LogP contribution in [-0.4, -0.2) is 19.8 Å². The van der Waals surface area contributed by atoms with Gasteiger partial charge in [-0.3, -0.25) is 0 Å². The Kier molecular flexibility index (Phi) is 4.88. The van der Waals surface area contributed by atoms with Crippen LogP contribution in [0.25, 0.3) is 0 Å². The zero-order chi connectivity index (χ0) is 13.9. The number of hydrogen-bond donors (Lipinski definition) is 1. The van der Waals surface area contributed by atoms with E-state index in [2.05, 4.69) is 36.3 Å². The molecule has 1 N–H and O–H groups in total. The lowest BCUT2D eigenvalue weighted by atomic mass is 10.2. The third-order valence-electron chi connectivity index (χ3n) is 2.73. The maximum Gasteiger partial charge on any atom is 0.242 e. The van der Waals surface area contributed by atoms with Gasteiger partial charge < -0.3 is 0 Å². The van der Waals surface area contributed by atoms with E-state index in [9.17, 15) is 8.42 Å². The van der Waals surface area contributed by atoms with E-state index >= 15 is 0 Å². The molecule has 1 aromatic rings. The van der Waals surface area contributed by atoms with E-state index < -0.39 is 10.0 Å². The van der Waals surface area contributed by atoms with Crippen molar-refractivity contribution in [2.24, 2.45) is 8.73 Å². The molecule has 0 fully saturated rings. The minimum atomic E-state index is -3.53. The molecule has 0 bridgehead atoms. The van der Waals surface area contributed by atoms with Gasteiger partial charge in [0.25, 0.3) is 0 Å². The van der Waals surface area contributed by atoms with Gasteiger partial charge in [0, 0.05) is 11.4 Å². The summed E-state index contributed by atoms with van der Waals surface area (Å²) in [5, 5.41) is 0. The van der Waals surface area contributed by atoms with Gasteiger partial charge in [0.2, 0.25) is 10.0 Å². The first-order valence-electron chi connectivity index (χ1n) is 5.89. The molecule has 5 nitrogen and oxygen atoms in total. The van der Waals surface area contributed by atoms with Gasteiger partial charge in [0.1, 0.15) is 16.3 Å². The second-order valence-electron chi connectivity index (χ2n) is 4.08.